The zero-order valence-electron chi connectivity index (χ0n) is 15.0. The molecule has 1 aliphatic rings. The van der Waals surface area contributed by atoms with Crippen LogP contribution in [-0.2, 0) is 10.0 Å². The molecule has 0 aromatic heterocycles. The number of guanidine groups is 1. The zero-order valence-corrected chi connectivity index (χ0v) is 18.1. The largest absolute Gasteiger partial charge is 0.370 e. The fourth-order valence-electron chi connectivity index (χ4n) is 2.88. The van der Waals surface area contributed by atoms with Gasteiger partial charge in [0.15, 0.2) is 5.96 Å². The van der Waals surface area contributed by atoms with E-state index in [2.05, 4.69) is 15.0 Å². The van der Waals surface area contributed by atoms with Crippen LogP contribution in [0.3, 0.4) is 0 Å². The number of sulfonamides is 1. The molecule has 0 spiro atoms. The Morgan fingerprint density at radius 1 is 1.26 bits per heavy atom. The lowest BCUT2D eigenvalue weighted by Crippen LogP contribution is -2.40. The number of nitrogens with two attached hydrogens (primary N) is 1. The van der Waals surface area contributed by atoms with Gasteiger partial charge in [-0.2, -0.15) is 0 Å². The van der Waals surface area contributed by atoms with Gasteiger partial charge in [0.1, 0.15) is 0 Å². The molecule has 1 aromatic carbocycles. The third kappa shape index (κ3) is 7.97. The summed E-state index contributed by atoms with van der Waals surface area (Å²) < 4.78 is 26.7. The van der Waals surface area contributed by atoms with Crippen molar-refractivity contribution in [1.29, 1.82) is 0 Å². The summed E-state index contributed by atoms with van der Waals surface area (Å²) >= 11 is 0. The summed E-state index contributed by atoms with van der Waals surface area (Å²) in [6.07, 6.45) is 6.97. The van der Waals surface area contributed by atoms with Gasteiger partial charge in [0, 0.05) is 24.7 Å². The molecule has 0 unspecified atom stereocenters. The van der Waals surface area contributed by atoms with Gasteiger partial charge in [-0.05, 0) is 18.9 Å². The number of halogens is 1. The molecule has 0 saturated heterocycles. The highest BCUT2D eigenvalue weighted by Crippen LogP contribution is 2.17. The lowest BCUT2D eigenvalue weighted by Gasteiger charge is -2.16. The fraction of sp³-hybridized carbons (Fsp3) is 0.562. The van der Waals surface area contributed by atoms with Crippen molar-refractivity contribution in [2.45, 2.75) is 49.5 Å². The average Bonchev–Trinajstić information content (AvgIpc) is 2.87. The molecule has 0 heterocycles. The number of hydrogen-bond donors (Lipinski definition) is 3. The Labute approximate surface area is 176 Å². The molecular weight excluding hydrogens is 485 g/mol. The van der Waals surface area contributed by atoms with Gasteiger partial charge in [-0.15, -0.1) is 24.0 Å². The first-order valence-corrected chi connectivity index (χ1v) is 10.2. The predicted octanol–water partition coefficient (Wildman–Crippen LogP) is 2.12. The number of aliphatic imine (C=N–C) groups is 1. The van der Waals surface area contributed by atoms with Gasteiger partial charge < -0.3 is 11.1 Å². The smallest absolute Gasteiger partial charge is 0.270 e. The van der Waals surface area contributed by atoms with E-state index in [0.717, 1.165) is 18.9 Å². The quantitative estimate of drug-likeness (QED) is 0.0975. The van der Waals surface area contributed by atoms with E-state index in [0.29, 0.717) is 12.0 Å². The number of nitrogens with one attached hydrogen (secondary N) is 2. The van der Waals surface area contributed by atoms with Crippen LogP contribution in [0.5, 0.6) is 0 Å². The summed E-state index contributed by atoms with van der Waals surface area (Å²) in [6.45, 7) is 0.234. The molecule has 1 fully saturated rings. The van der Waals surface area contributed by atoms with Crippen molar-refractivity contribution >= 4 is 45.6 Å². The van der Waals surface area contributed by atoms with Crippen molar-refractivity contribution in [3.05, 3.63) is 34.4 Å². The molecule has 152 valence electrons. The lowest BCUT2D eigenvalue weighted by atomic mass is 10.1. The third-order valence-electron chi connectivity index (χ3n) is 4.23. The van der Waals surface area contributed by atoms with E-state index in [1.165, 1.54) is 43.9 Å². The van der Waals surface area contributed by atoms with E-state index in [1.807, 2.05) is 0 Å². The second-order valence-electron chi connectivity index (χ2n) is 6.25. The highest BCUT2D eigenvalue weighted by atomic mass is 127. The van der Waals surface area contributed by atoms with Crippen molar-refractivity contribution in [2.24, 2.45) is 10.7 Å². The molecule has 0 amide bonds. The molecule has 1 aromatic rings. The van der Waals surface area contributed by atoms with Crippen molar-refractivity contribution < 1.29 is 13.3 Å². The molecule has 0 atom stereocenters. The second-order valence-corrected chi connectivity index (χ2v) is 8.02. The van der Waals surface area contributed by atoms with E-state index in [9.17, 15) is 18.5 Å². The van der Waals surface area contributed by atoms with Crippen LogP contribution in [0.25, 0.3) is 0 Å². The zero-order chi connectivity index (χ0) is 19.0. The number of nitrogens with zero attached hydrogens (tertiary/aromatic N) is 2. The predicted molar refractivity (Wildman–Crippen MR) is 115 cm³/mol. The van der Waals surface area contributed by atoms with Crippen LogP contribution in [0.15, 0.2) is 34.2 Å². The molecule has 9 nitrogen and oxygen atoms in total. The maximum Gasteiger partial charge on any atom is 0.270 e. The van der Waals surface area contributed by atoms with Gasteiger partial charge in [0.2, 0.25) is 10.0 Å². The summed E-state index contributed by atoms with van der Waals surface area (Å²) in [5.74, 6) is 0.312. The summed E-state index contributed by atoms with van der Waals surface area (Å²) in [6, 6.07) is 5.22. The average molecular weight is 511 g/mol. The SMILES string of the molecule is I.NC(=NCCNS(=O)(=O)c1cccc([N+](=O)[O-])c1)NC1CCCCCC1. The van der Waals surface area contributed by atoms with Crippen LogP contribution in [0.4, 0.5) is 5.69 Å². The lowest BCUT2D eigenvalue weighted by molar-refractivity contribution is -0.385. The number of nitro groups is 1. The minimum atomic E-state index is -3.83. The van der Waals surface area contributed by atoms with Crippen LogP contribution in [0.1, 0.15) is 38.5 Å². The molecule has 0 bridgehead atoms. The van der Waals surface area contributed by atoms with E-state index in [1.54, 1.807) is 0 Å². The molecule has 1 aliphatic carbocycles. The van der Waals surface area contributed by atoms with Crippen molar-refractivity contribution in [3.63, 3.8) is 0 Å². The first kappa shape index (κ1) is 23.6. The van der Waals surface area contributed by atoms with E-state index in [4.69, 9.17) is 5.73 Å². The first-order chi connectivity index (χ1) is 12.4. The Hall–Kier alpha value is -1.47. The van der Waals surface area contributed by atoms with Crippen LogP contribution in [0, 0.1) is 10.1 Å². The number of nitro benzene ring substituents is 1. The summed E-state index contributed by atoms with van der Waals surface area (Å²) in [5.41, 5.74) is 5.58. The number of hydrogen-bond acceptors (Lipinski definition) is 5. The Morgan fingerprint density at radius 2 is 1.93 bits per heavy atom. The number of rotatable bonds is 7. The second kappa shape index (κ2) is 11.4. The Morgan fingerprint density at radius 3 is 2.56 bits per heavy atom. The van der Waals surface area contributed by atoms with Crippen molar-refractivity contribution in [2.75, 3.05) is 13.1 Å². The van der Waals surface area contributed by atoms with Crippen molar-refractivity contribution in [1.82, 2.24) is 10.0 Å². The highest BCUT2D eigenvalue weighted by Gasteiger charge is 2.17. The normalized spacial score (nSPS) is 16.2. The van der Waals surface area contributed by atoms with Gasteiger partial charge in [0.25, 0.3) is 5.69 Å². The molecule has 1 saturated carbocycles. The van der Waals surface area contributed by atoms with E-state index >= 15 is 0 Å². The standard InChI is InChI=1S/C16H25N5O4S.HI/c17-16(20-13-6-3-1-2-4-7-13)18-10-11-19-26(24,25)15-9-5-8-14(12-15)21(22)23;/h5,8-9,12-13,19H,1-4,6-7,10-11H2,(H3,17,18,20);1H. The Bertz CT molecular complexity index is 749. The topological polar surface area (TPSA) is 140 Å². The van der Waals surface area contributed by atoms with Crippen molar-refractivity contribution in [3.8, 4) is 0 Å². The number of non-ortho nitro benzene ring substituents is 1. The van der Waals surface area contributed by atoms with Crippen LogP contribution in [-0.4, -0.2) is 38.4 Å². The molecular formula is C16H26IN5O4S. The van der Waals surface area contributed by atoms with Crippen LogP contribution < -0.4 is 15.8 Å². The van der Waals surface area contributed by atoms with Crippen LogP contribution in [0.2, 0.25) is 0 Å². The minimum Gasteiger partial charge on any atom is -0.370 e. The Kier molecular flexibility index (Phi) is 9.94. The molecule has 27 heavy (non-hydrogen) atoms. The van der Waals surface area contributed by atoms with Gasteiger partial charge in [0.05, 0.1) is 16.4 Å². The summed E-state index contributed by atoms with van der Waals surface area (Å²) in [5, 5.41) is 13.9. The fourth-order valence-corrected chi connectivity index (χ4v) is 3.94. The maximum atomic E-state index is 12.2. The monoisotopic (exact) mass is 511 g/mol. The molecule has 2 rings (SSSR count). The molecule has 11 heteroatoms. The summed E-state index contributed by atoms with van der Waals surface area (Å²) in [7, 11) is -3.83. The molecule has 4 N–H and O–H groups in total. The molecule has 0 radical (unpaired) electrons. The Balaban J connectivity index is 0.00000364. The van der Waals surface area contributed by atoms with Gasteiger partial charge in [-0.1, -0.05) is 31.7 Å². The van der Waals surface area contributed by atoms with Gasteiger partial charge in [-0.3, -0.25) is 15.1 Å². The summed E-state index contributed by atoms with van der Waals surface area (Å²) in [4.78, 5) is 14.1. The van der Waals surface area contributed by atoms with E-state index in [-0.39, 0.29) is 47.6 Å². The highest BCUT2D eigenvalue weighted by molar-refractivity contribution is 14.0. The van der Waals surface area contributed by atoms with Crippen LogP contribution >= 0.6 is 24.0 Å². The number of benzene rings is 1. The van der Waals surface area contributed by atoms with Gasteiger partial charge >= 0.3 is 0 Å². The maximum absolute atomic E-state index is 12.2. The molecule has 0 aliphatic heterocycles. The van der Waals surface area contributed by atoms with Gasteiger partial charge in [-0.25, -0.2) is 13.1 Å². The first-order valence-electron chi connectivity index (χ1n) is 8.69. The van der Waals surface area contributed by atoms with E-state index < -0.39 is 14.9 Å². The minimum absolute atomic E-state index is 0. The third-order valence-corrected chi connectivity index (χ3v) is 5.69.